The van der Waals surface area contributed by atoms with E-state index in [0.717, 1.165) is 22.2 Å². The van der Waals surface area contributed by atoms with Crippen molar-refractivity contribution in [3.63, 3.8) is 0 Å². The Morgan fingerprint density at radius 2 is 1.84 bits per heavy atom. The second kappa shape index (κ2) is 7.73. The van der Waals surface area contributed by atoms with Gasteiger partial charge in [0.1, 0.15) is 5.52 Å². The van der Waals surface area contributed by atoms with E-state index in [1.165, 1.54) is 0 Å². The SMILES string of the molecule is COCCn1c[nH+]c2c(c1=O)c1nc3ccccc3nc1n2/N=C\c1ccccc1C. The van der Waals surface area contributed by atoms with Crippen LogP contribution in [0.5, 0.6) is 0 Å². The molecule has 0 amide bonds. The summed E-state index contributed by atoms with van der Waals surface area (Å²) in [5, 5.41) is 5.13. The minimum absolute atomic E-state index is 0.162. The fourth-order valence-corrected chi connectivity index (χ4v) is 3.63. The molecule has 5 aromatic rings. The molecule has 0 aliphatic heterocycles. The topological polar surface area (TPSA) is 88.4 Å². The number of hydrogen-bond acceptors (Lipinski definition) is 5. The summed E-state index contributed by atoms with van der Waals surface area (Å²) >= 11 is 0. The quantitative estimate of drug-likeness (QED) is 0.414. The van der Waals surface area contributed by atoms with Gasteiger partial charge >= 0.3 is 5.56 Å². The van der Waals surface area contributed by atoms with Crippen LogP contribution in [0.25, 0.3) is 33.2 Å². The Morgan fingerprint density at radius 3 is 2.61 bits per heavy atom. The van der Waals surface area contributed by atoms with Crippen LogP contribution >= 0.6 is 0 Å². The minimum atomic E-state index is -0.162. The third kappa shape index (κ3) is 3.27. The Kier molecular flexibility index (Phi) is 4.76. The van der Waals surface area contributed by atoms with Gasteiger partial charge in [0.05, 0.1) is 30.4 Å². The van der Waals surface area contributed by atoms with E-state index < -0.39 is 0 Å². The molecule has 0 aliphatic rings. The summed E-state index contributed by atoms with van der Waals surface area (Å²) in [7, 11) is 1.61. The lowest BCUT2D eigenvalue weighted by molar-refractivity contribution is -0.357. The van der Waals surface area contributed by atoms with Crippen LogP contribution in [0.15, 0.2) is 64.8 Å². The zero-order valence-corrected chi connectivity index (χ0v) is 17.2. The number of para-hydroxylation sites is 2. The number of H-pyrrole nitrogens is 1. The van der Waals surface area contributed by atoms with Crippen molar-refractivity contribution in [3.05, 3.63) is 76.3 Å². The zero-order valence-electron chi connectivity index (χ0n) is 17.2. The van der Waals surface area contributed by atoms with Crippen LogP contribution in [0.4, 0.5) is 0 Å². The molecule has 0 fully saturated rings. The lowest BCUT2D eigenvalue weighted by Gasteiger charge is -2.00. The van der Waals surface area contributed by atoms with E-state index in [2.05, 4.69) is 10.1 Å². The number of ether oxygens (including phenoxy) is 1. The Bertz CT molecular complexity index is 1520. The molecule has 0 saturated carbocycles. The van der Waals surface area contributed by atoms with Crippen molar-refractivity contribution in [1.82, 2.24) is 19.2 Å². The standard InChI is InChI=1S/C23H20N6O2/c1-15-7-3-4-8-16(15)13-25-29-21-19(23(30)28(14-24-21)11-12-31-2)20-22(29)27-18-10-6-5-9-17(18)26-20/h3-10,13-14H,11-12H2,1-2H3/p+1/b25-13-. The van der Waals surface area contributed by atoms with Crippen molar-refractivity contribution in [1.29, 1.82) is 0 Å². The van der Waals surface area contributed by atoms with Crippen LogP contribution in [0.1, 0.15) is 11.1 Å². The summed E-state index contributed by atoms with van der Waals surface area (Å²) in [5.41, 5.74) is 4.99. The molecule has 31 heavy (non-hydrogen) atoms. The number of fused-ring (bicyclic) bond motifs is 4. The van der Waals surface area contributed by atoms with Gasteiger partial charge in [-0.15, -0.1) is 9.78 Å². The second-order valence-electron chi connectivity index (χ2n) is 7.29. The molecule has 3 heterocycles. The molecule has 0 aliphatic carbocycles. The highest BCUT2D eigenvalue weighted by Gasteiger charge is 2.24. The summed E-state index contributed by atoms with van der Waals surface area (Å²) in [4.78, 5) is 26.0. The normalized spacial score (nSPS) is 11.9. The predicted molar refractivity (Wildman–Crippen MR) is 119 cm³/mol. The van der Waals surface area contributed by atoms with Gasteiger partial charge in [-0.2, -0.15) is 0 Å². The van der Waals surface area contributed by atoms with Crippen molar-refractivity contribution in [2.24, 2.45) is 5.10 Å². The fraction of sp³-hybridized carbons (Fsp3) is 0.174. The number of nitrogens with one attached hydrogen (secondary N) is 1. The fourth-order valence-electron chi connectivity index (χ4n) is 3.63. The van der Waals surface area contributed by atoms with E-state index in [0.29, 0.717) is 35.3 Å². The maximum Gasteiger partial charge on any atom is 0.322 e. The maximum absolute atomic E-state index is 13.3. The van der Waals surface area contributed by atoms with E-state index in [4.69, 9.17) is 14.7 Å². The van der Waals surface area contributed by atoms with Gasteiger partial charge in [0.25, 0.3) is 5.65 Å². The number of aromatic amines is 1. The molecule has 0 spiro atoms. The van der Waals surface area contributed by atoms with Gasteiger partial charge in [-0.1, -0.05) is 36.4 Å². The molecule has 0 atom stereocenters. The summed E-state index contributed by atoms with van der Waals surface area (Å²) in [6, 6.07) is 15.6. The highest BCUT2D eigenvalue weighted by atomic mass is 16.5. The third-order valence-corrected chi connectivity index (χ3v) is 5.31. The van der Waals surface area contributed by atoms with E-state index in [1.54, 1.807) is 28.9 Å². The molecule has 0 saturated heterocycles. The Hall–Kier alpha value is -3.91. The average molecular weight is 413 g/mol. The van der Waals surface area contributed by atoms with Gasteiger partial charge in [0.2, 0.25) is 5.65 Å². The van der Waals surface area contributed by atoms with E-state index in [9.17, 15) is 4.79 Å². The first kappa shape index (κ1) is 19.1. The summed E-state index contributed by atoms with van der Waals surface area (Å²) in [6.07, 6.45) is 3.41. The summed E-state index contributed by atoms with van der Waals surface area (Å²) in [5.74, 6) is 0. The largest absolute Gasteiger partial charge is 0.381 e. The van der Waals surface area contributed by atoms with Crippen molar-refractivity contribution in [3.8, 4) is 0 Å². The maximum atomic E-state index is 13.3. The van der Waals surface area contributed by atoms with Crippen LogP contribution in [-0.2, 0) is 11.3 Å². The Balaban J connectivity index is 1.82. The number of benzene rings is 2. The first-order valence-corrected chi connectivity index (χ1v) is 9.98. The van der Waals surface area contributed by atoms with E-state index in [-0.39, 0.29) is 5.56 Å². The molecule has 0 bridgehead atoms. The Morgan fingerprint density at radius 1 is 1.10 bits per heavy atom. The minimum Gasteiger partial charge on any atom is -0.381 e. The predicted octanol–water partition coefficient (Wildman–Crippen LogP) is 2.55. The van der Waals surface area contributed by atoms with Crippen molar-refractivity contribution in [2.75, 3.05) is 13.7 Å². The second-order valence-corrected chi connectivity index (χ2v) is 7.29. The van der Waals surface area contributed by atoms with Gasteiger partial charge in [-0.3, -0.25) is 0 Å². The number of aryl methyl sites for hydroxylation is 1. The van der Waals surface area contributed by atoms with Crippen molar-refractivity contribution in [2.45, 2.75) is 13.5 Å². The highest BCUT2D eigenvalue weighted by molar-refractivity contribution is 6.03. The number of nitrogens with zero attached hydrogens (tertiary/aromatic N) is 5. The first-order valence-electron chi connectivity index (χ1n) is 9.98. The van der Waals surface area contributed by atoms with Crippen LogP contribution in [-0.4, -0.2) is 39.1 Å². The number of rotatable bonds is 5. The first-order chi connectivity index (χ1) is 15.2. The molecule has 0 unspecified atom stereocenters. The smallest absolute Gasteiger partial charge is 0.322 e. The summed E-state index contributed by atoms with van der Waals surface area (Å²) < 4.78 is 8.36. The van der Waals surface area contributed by atoms with Gasteiger partial charge in [0, 0.05) is 7.11 Å². The third-order valence-electron chi connectivity index (χ3n) is 5.31. The van der Waals surface area contributed by atoms with E-state index in [1.807, 2.05) is 55.5 Å². The molecular weight excluding hydrogens is 392 g/mol. The van der Waals surface area contributed by atoms with Gasteiger partial charge in [-0.05, 0) is 30.2 Å². The molecule has 8 heteroatoms. The zero-order chi connectivity index (χ0) is 21.4. The van der Waals surface area contributed by atoms with Crippen molar-refractivity contribution >= 4 is 39.4 Å². The molecule has 2 aromatic carbocycles. The van der Waals surface area contributed by atoms with Crippen LogP contribution in [0.3, 0.4) is 0 Å². The van der Waals surface area contributed by atoms with Crippen LogP contribution in [0.2, 0.25) is 0 Å². The van der Waals surface area contributed by atoms with Gasteiger partial charge < -0.3 is 4.74 Å². The van der Waals surface area contributed by atoms with Crippen LogP contribution < -0.4 is 10.5 Å². The van der Waals surface area contributed by atoms with Crippen LogP contribution in [0, 0.1) is 6.92 Å². The molecule has 3 aromatic heterocycles. The number of aromatic nitrogens is 5. The highest BCUT2D eigenvalue weighted by Crippen LogP contribution is 2.23. The summed E-state index contributed by atoms with van der Waals surface area (Å²) in [6.45, 7) is 2.89. The Labute approximate surface area is 177 Å². The average Bonchev–Trinajstić information content (AvgIpc) is 3.09. The number of hydrogen-bond donors (Lipinski definition) is 0. The van der Waals surface area contributed by atoms with Gasteiger partial charge in [0.15, 0.2) is 11.7 Å². The molecule has 8 nitrogen and oxygen atoms in total. The molecule has 0 radical (unpaired) electrons. The molecular formula is C23H21N6O2+. The number of methoxy groups -OCH3 is 1. The molecule has 1 N–H and O–H groups in total. The van der Waals surface area contributed by atoms with Gasteiger partial charge in [-0.25, -0.2) is 24.3 Å². The lowest BCUT2D eigenvalue weighted by Crippen LogP contribution is -2.28. The molecule has 154 valence electrons. The van der Waals surface area contributed by atoms with E-state index >= 15 is 0 Å². The van der Waals surface area contributed by atoms with Crippen molar-refractivity contribution < 1.29 is 9.72 Å². The lowest BCUT2D eigenvalue weighted by atomic mass is 10.1. The molecule has 5 rings (SSSR count). The monoisotopic (exact) mass is 413 g/mol.